The van der Waals surface area contributed by atoms with Gasteiger partial charge in [0.05, 0.1) is 30.1 Å². The molecule has 6 nitrogen and oxygen atoms in total. The fourth-order valence-electron chi connectivity index (χ4n) is 2.08. The molecule has 2 aromatic rings. The van der Waals surface area contributed by atoms with Crippen LogP contribution in [0.3, 0.4) is 0 Å². The van der Waals surface area contributed by atoms with Crippen LogP contribution in [0.1, 0.15) is 6.92 Å². The second-order valence-corrected chi connectivity index (χ2v) is 4.13. The van der Waals surface area contributed by atoms with Gasteiger partial charge in [-0.05, 0) is 19.1 Å². The van der Waals surface area contributed by atoms with Crippen molar-refractivity contribution in [1.29, 1.82) is 0 Å². The highest BCUT2D eigenvalue weighted by Crippen LogP contribution is 2.37. The van der Waals surface area contributed by atoms with Gasteiger partial charge in [-0.25, -0.2) is 4.68 Å². The molecule has 3 rings (SSSR count). The van der Waals surface area contributed by atoms with Gasteiger partial charge in [0, 0.05) is 6.61 Å². The zero-order valence-electron chi connectivity index (χ0n) is 10.6. The molecule has 1 aromatic heterocycles. The topological polar surface area (TPSA) is 62.6 Å². The number of fused-ring (bicyclic) bond motifs is 3. The Morgan fingerprint density at radius 1 is 1.37 bits per heavy atom. The van der Waals surface area contributed by atoms with Gasteiger partial charge in [0.15, 0.2) is 11.5 Å². The summed E-state index contributed by atoms with van der Waals surface area (Å²) in [4.78, 5) is 12.3. The van der Waals surface area contributed by atoms with E-state index in [9.17, 15) is 4.79 Å². The fraction of sp³-hybridized carbons (Fsp3) is 0.385. The second-order valence-electron chi connectivity index (χ2n) is 4.13. The Hall–Kier alpha value is -2.08. The van der Waals surface area contributed by atoms with E-state index in [4.69, 9.17) is 14.2 Å². The smallest absolute Gasteiger partial charge is 0.274 e. The highest BCUT2D eigenvalue weighted by molar-refractivity contribution is 5.89. The van der Waals surface area contributed by atoms with Crippen LogP contribution >= 0.6 is 0 Å². The van der Waals surface area contributed by atoms with Crippen LogP contribution in [0.2, 0.25) is 0 Å². The zero-order chi connectivity index (χ0) is 13.2. The van der Waals surface area contributed by atoms with Crippen molar-refractivity contribution in [1.82, 2.24) is 9.78 Å². The molecule has 0 fully saturated rings. The molecule has 2 heterocycles. The van der Waals surface area contributed by atoms with Gasteiger partial charge < -0.3 is 14.2 Å². The molecule has 0 aliphatic carbocycles. The molecule has 0 saturated carbocycles. The van der Waals surface area contributed by atoms with E-state index >= 15 is 0 Å². The van der Waals surface area contributed by atoms with Gasteiger partial charge >= 0.3 is 0 Å². The third-order valence-corrected chi connectivity index (χ3v) is 3.02. The molecule has 19 heavy (non-hydrogen) atoms. The molecule has 0 unspecified atom stereocenters. The van der Waals surface area contributed by atoms with Crippen LogP contribution in [0.4, 0.5) is 0 Å². The molecular formula is C13H14N2O4. The molecule has 0 atom stereocenters. The van der Waals surface area contributed by atoms with E-state index in [1.807, 2.05) is 6.92 Å². The summed E-state index contributed by atoms with van der Waals surface area (Å²) < 4.78 is 17.3. The summed E-state index contributed by atoms with van der Waals surface area (Å²) in [5, 5.41) is 5.41. The van der Waals surface area contributed by atoms with E-state index in [1.165, 1.54) is 4.68 Å². The number of aromatic nitrogens is 2. The van der Waals surface area contributed by atoms with Crippen molar-refractivity contribution >= 4 is 10.8 Å². The Morgan fingerprint density at radius 2 is 2.26 bits per heavy atom. The predicted molar refractivity (Wildman–Crippen MR) is 68.6 cm³/mol. The molecule has 1 aliphatic rings. The van der Waals surface area contributed by atoms with Crippen LogP contribution in [0.25, 0.3) is 10.8 Å². The summed E-state index contributed by atoms with van der Waals surface area (Å²) in [5.74, 6) is 1.25. The van der Waals surface area contributed by atoms with Crippen molar-refractivity contribution in [2.75, 3.05) is 20.0 Å². The average Bonchev–Trinajstić information content (AvgIpc) is 2.90. The fourth-order valence-corrected chi connectivity index (χ4v) is 2.08. The molecule has 0 N–H and O–H groups in total. The molecule has 0 radical (unpaired) electrons. The summed E-state index contributed by atoms with van der Waals surface area (Å²) in [6.07, 6.45) is 1.64. The van der Waals surface area contributed by atoms with E-state index in [1.54, 1.807) is 18.3 Å². The predicted octanol–water partition coefficient (Wildman–Crippen LogP) is 1.16. The van der Waals surface area contributed by atoms with E-state index < -0.39 is 0 Å². The van der Waals surface area contributed by atoms with Gasteiger partial charge in [-0.15, -0.1) is 0 Å². The first-order chi connectivity index (χ1) is 9.31. The Morgan fingerprint density at radius 3 is 3.11 bits per heavy atom. The first-order valence-corrected chi connectivity index (χ1v) is 6.17. The molecule has 100 valence electrons. The summed E-state index contributed by atoms with van der Waals surface area (Å²) in [7, 11) is 0. The van der Waals surface area contributed by atoms with Crippen molar-refractivity contribution in [2.24, 2.45) is 0 Å². The lowest BCUT2D eigenvalue weighted by Crippen LogP contribution is -2.24. The maximum atomic E-state index is 12.3. The number of benzene rings is 1. The molecule has 6 heteroatoms. The molecule has 0 spiro atoms. The Kier molecular flexibility index (Phi) is 3.08. The van der Waals surface area contributed by atoms with Gasteiger partial charge in [0.1, 0.15) is 0 Å². The third-order valence-electron chi connectivity index (χ3n) is 3.02. The van der Waals surface area contributed by atoms with Crippen molar-refractivity contribution < 1.29 is 14.2 Å². The highest BCUT2D eigenvalue weighted by atomic mass is 16.7. The van der Waals surface area contributed by atoms with Gasteiger partial charge in [0.25, 0.3) is 5.56 Å². The lowest BCUT2D eigenvalue weighted by atomic mass is 10.1. The second kappa shape index (κ2) is 4.89. The van der Waals surface area contributed by atoms with Crippen LogP contribution in [0.5, 0.6) is 11.5 Å². The first-order valence-electron chi connectivity index (χ1n) is 6.17. The van der Waals surface area contributed by atoms with Crippen LogP contribution in [0, 0.1) is 0 Å². The molecule has 1 aromatic carbocycles. The van der Waals surface area contributed by atoms with Crippen LogP contribution in [-0.2, 0) is 11.3 Å². The summed E-state index contributed by atoms with van der Waals surface area (Å²) in [5.41, 5.74) is -0.143. The summed E-state index contributed by atoms with van der Waals surface area (Å²) >= 11 is 0. The Labute approximate surface area is 109 Å². The maximum absolute atomic E-state index is 12.3. The Balaban J connectivity index is 2.03. The lowest BCUT2D eigenvalue weighted by Gasteiger charge is -2.07. The summed E-state index contributed by atoms with van der Waals surface area (Å²) in [6, 6.07) is 3.49. The Bertz CT molecular complexity index is 665. The minimum atomic E-state index is -0.143. The maximum Gasteiger partial charge on any atom is 0.274 e. The van der Waals surface area contributed by atoms with E-state index in [2.05, 4.69) is 5.10 Å². The van der Waals surface area contributed by atoms with Gasteiger partial charge in [-0.1, -0.05) is 0 Å². The van der Waals surface area contributed by atoms with Crippen molar-refractivity contribution in [2.45, 2.75) is 13.5 Å². The van der Waals surface area contributed by atoms with Gasteiger partial charge in [-0.3, -0.25) is 4.79 Å². The minimum absolute atomic E-state index is 0.143. The van der Waals surface area contributed by atoms with E-state index in [-0.39, 0.29) is 12.4 Å². The third kappa shape index (κ3) is 2.04. The molecule has 1 aliphatic heterocycles. The molecule has 0 bridgehead atoms. The van der Waals surface area contributed by atoms with E-state index in [0.717, 1.165) is 0 Å². The number of nitrogens with zero attached hydrogens (tertiary/aromatic N) is 2. The normalized spacial score (nSPS) is 13.1. The lowest BCUT2D eigenvalue weighted by molar-refractivity contribution is 0.135. The average molecular weight is 262 g/mol. The zero-order valence-corrected chi connectivity index (χ0v) is 10.6. The van der Waals surface area contributed by atoms with Crippen molar-refractivity contribution in [3.05, 3.63) is 28.7 Å². The first kappa shape index (κ1) is 12.0. The number of hydrogen-bond donors (Lipinski definition) is 0. The standard InChI is InChI=1S/C13H14N2O4/c1-2-17-6-5-15-13(16)9-3-4-11-12(19-8-18-11)10(9)7-14-15/h3-4,7H,2,5-6,8H2,1H3. The number of hydrogen-bond acceptors (Lipinski definition) is 5. The highest BCUT2D eigenvalue weighted by Gasteiger charge is 2.18. The largest absolute Gasteiger partial charge is 0.454 e. The van der Waals surface area contributed by atoms with Crippen molar-refractivity contribution in [3.8, 4) is 11.5 Å². The molecule has 0 saturated heterocycles. The van der Waals surface area contributed by atoms with Gasteiger partial charge in [0.2, 0.25) is 6.79 Å². The SMILES string of the molecule is CCOCCn1ncc2c3c(ccc2c1=O)OCO3. The van der Waals surface area contributed by atoms with Crippen LogP contribution in [0.15, 0.2) is 23.1 Å². The summed E-state index contributed by atoms with van der Waals surface area (Å²) in [6.45, 7) is 3.64. The number of ether oxygens (including phenoxy) is 3. The monoisotopic (exact) mass is 262 g/mol. The minimum Gasteiger partial charge on any atom is -0.454 e. The van der Waals surface area contributed by atoms with Crippen LogP contribution < -0.4 is 15.0 Å². The number of rotatable bonds is 4. The van der Waals surface area contributed by atoms with Gasteiger partial charge in [-0.2, -0.15) is 5.10 Å². The molecular weight excluding hydrogens is 248 g/mol. The quantitative estimate of drug-likeness (QED) is 0.774. The van der Waals surface area contributed by atoms with Crippen LogP contribution in [-0.4, -0.2) is 29.8 Å². The van der Waals surface area contributed by atoms with Crippen molar-refractivity contribution in [3.63, 3.8) is 0 Å². The van der Waals surface area contributed by atoms with E-state index in [0.29, 0.717) is 42.0 Å². The molecule has 0 amide bonds.